The minimum Gasteiger partial charge on any atom is -0.345 e. The molecule has 0 saturated heterocycles. The van der Waals surface area contributed by atoms with Gasteiger partial charge < -0.3 is 10.6 Å². The Morgan fingerprint density at radius 1 is 1.00 bits per heavy atom. The highest BCUT2D eigenvalue weighted by Gasteiger charge is 2.10. The first-order valence-corrected chi connectivity index (χ1v) is 8.55. The van der Waals surface area contributed by atoms with Gasteiger partial charge in [0.05, 0.1) is 0 Å². The molecular formula is C17H36N2O. The molecule has 120 valence electrons. The van der Waals surface area contributed by atoms with Crippen LogP contribution in [-0.4, -0.2) is 30.9 Å². The van der Waals surface area contributed by atoms with Gasteiger partial charge >= 0.3 is 0 Å². The Labute approximate surface area is 126 Å². The van der Waals surface area contributed by atoms with Crippen molar-refractivity contribution in [1.82, 2.24) is 4.90 Å². The Morgan fingerprint density at radius 3 is 2.00 bits per heavy atom. The predicted octanol–water partition coefficient (Wildman–Crippen LogP) is 3.96. The fourth-order valence-corrected chi connectivity index (χ4v) is 2.42. The van der Waals surface area contributed by atoms with Gasteiger partial charge in [0.1, 0.15) is 0 Å². The summed E-state index contributed by atoms with van der Waals surface area (Å²) in [5, 5.41) is 0. The van der Waals surface area contributed by atoms with Crippen LogP contribution in [0.5, 0.6) is 0 Å². The van der Waals surface area contributed by atoms with Gasteiger partial charge in [-0.2, -0.15) is 0 Å². The van der Waals surface area contributed by atoms with Gasteiger partial charge in [0, 0.05) is 20.0 Å². The second kappa shape index (κ2) is 13.4. The van der Waals surface area contributed by atoms with Crippen molar-refractivity contribution in [1.29, 1.82) is 0 Å². The average molecular weight is 284 g/mol. The van der Waals surface area contributed by atoms with E-state index in [4.69, 9.17) is 5.73 Å². The zero-order valence-electron chi connectivity index (χ0n) is 14.0. The van der Waals surface area contributed by atoms with E-state index in [-0.39, 0.29) is 5.91 Å². The fraction of sp³-hybridized carbons (Fsp3) is 0.941. The van der Waals surface area contributed by atoms with E-state index in [1.165, 1.54) is 51.4 Å². The summed E-state index contributed by atoms with van der Waals surface area (Å²) < 4.78 is 0. The molecule has 0 radical (unpaired) electrons. The molecule has 3 heteroatoms. The molecular weight excluding hydrogens is 248 g/mol. The molecule has 0 bridgehead atoms. The summed E-state index contributed by atoms with van der Waals surface area (Å²) in [7, 11) is 1.89. The summed E-state index contributed by atoms with van der Waals surface area (Å²) in [5.74, 6) is 0.667. The molecule has 2 N–H and O–H groups in total. The molecule has 0 aromatic rings. The van der Waals surface area contributed by atoms with E-state index in [1.54, 1.807) is 0 Å². The van der Waals surface area contributed by atoms with Gasteiger partial charge in [-0.3, -0.25) is 4.79 Å². The summed E-state index contributed by atoms with van der Waals surface area (Å²) in [6.45, 7) is 5.77. The predicted molar refractivity (Wildman–Crippen MR) is 87.7 cm³/mol. The summed E-state index contributed by atoms with van der Waals surface area (Å²) in [6.07, 6.45) is 12.4. The van der Waals surface area contributed by atoms with Crippen molar-refractivity contribution < 1.29 is 4.79 Å². The second-order valence-corrected chi connectivity index (χ2v) is 6.19. The molecule has 1 amide bonds. The van der Waals surface area contributed by atoms with E-state index < -0.39 is 0 Å². The van der Waals surface area contributed by atoms with Crippen LogP contribution in [0.1, 0.15) is 78.1 Å². The van der Waals surface area contributed by atoms with E-state index >= 15 is 0 Å². The third kappa shape index (κ3) is 11.3. The Kier molecular flexibility index (Phi) is 13.0. The van der Waals surface area contributed by atoms with Crippen molar-refractivity contribution in [3.8, 4) is 0 Å². The van der Waals surface area contributed by atoms with Crippen LogP contribution in [0.3, 0.4) is 0 Å². The highest BCUT2D eigenvalue weighted by molar-refractivity contribution is 5.75. The van der Waals surface area contributed by atoms with E-state index in [0.29, 0.717) is 18.9 Å². The van der Waals surface area contributed by atoms with Crippen LogP contribution in [0.2, 0.25) is 0 Å². The van der Waals surface area contributed by atoms with Crippen LogP contribution in [0.4, 0.5) is 0 Å². The van der Waals surface area contributed by atoms with Crippen molar-refractivity contribution in [2.45, 2.75) is 78.1 Å². The first-order chi connectivity index (χ1) is 9.61. The first-order valence-electron chi connectivity index (χ1n) is 8.55. The summed E-state index contributed by atoms with van der Waals surface area (Å²) in [6, 6.07) is 0. The van der Waals surface area contributed by atoms with Gasteiger partial charge in [0.2, 0.25) is 5.91 Å². The molecule has 0 heterocycles. The maximum absolute atomic E-state index is 11.9. The zero-order chi connectivity index (χ0) is 15.2. The van der Waals surface area contributed by atoms with Gasteiger partial charge in [0.15, 0.2) is 0 Å². The molecule has 0 aliphatic carbocycles. The molecule has 0 saturated carbocycles. The Bertz CT molecular complexity index is 231. The van der Waals surface area contributed by atoms with E-state index in [2.05, 4.69) is 13.8 Å². The van der Waals surface area contributed by atoms with E-state index in [0.717, 1.165) is 13.0 Å². The lowest BCUT2D eigenvalue weighted by Crippen LogP contribution is -2.33. The largest absolute Gasteiger partial charge is 0.345 e. The maximum atomic E-state index is 11.9. The molecule has 0 spiro atoms. The number of hydrogen-bond donors (Lipinski definition) is 1. The summed E-state index contributed by atoms with van der Waals surface area (Å²) >= 11 is 0. The Hall–Kier alpha value is -0.570. The van der Waals surface area contributed by atoms with Gasteiger partial charge in [-0.15, -0.1) is 0 Å². The lowest BCUT2D eigenvalue weighted by atomic mass is 10.1. The molecule has 0 aliphatic rings. The number of amides is 1. The van der Waals surface area contributed by atoms with Crippen molar-refractivity contribution in [2.24, 2.45) is 11.7 Å². The molecule has 0 aromatic heterocycles. The van der Waals surface area contributed by atoms with Gasteiger partial charge in [-0.1, -0.05) is 65.2 Å². The maximum Gasteiger partial charge on any atom is 0.222 e. The molecule has 0 fully saturated rings. The van der Waals surface area contributed by atoms with Crippen LogP contribution < -0.4 is 5.73 Å². The van der Waals surface area contributed by atoms with Crippen LogP contribution in [0.15, 0.2) is 0 Å². The van der Waals surface area contributed by atoms with Crippen LogP contribution in [0, 0.1) is 5.92 Å². The van der Waals surface area contributed by atoms with Crippen molar-refractivity contribution in [3.05, 3.63) is 0 Å². The van der Waals surface area contributed by atoms with Crippen LogP contribution in [0.25, 0.3) is 0 Å². The normalized spacial score (nSPS) is 12.4. The number of carbonyl (C=O) groups is 1. The monoisotopic (exact) mass is 284 g/mol. The number of hydrogen-bond acceptors (Lipinski definition) is 2. The Balaban J connectivity index is 3.39. The average Bonchev–Trinajstić information content (AvgIpc) is 2.45. The van der Waals surface area contributed by atoms with Crippen LogP contribution >= 0.6 is 0 Å². The minimum atomic E-state index is 0.272. The number of nitrogens with two attached hydrogens (primary N) is 1. The highest BCUT2D eigenvalue weighted by Crippen LogP contribution is 2.11. The molecule has 20 heavy (non-hydrogen) atoms. The standard InChI is InChI=1S/C17H36N2O/c1-4-5-6-7-8-9-10-11-12-13-17(20)19(3)15-16(2)14-18/h16H,4-15,18H2,1-3H3. The van der Waals surface area contributed by atoms with E-state index in [9.17, 15) is 4.79 Å². The summed E-state index contributed by atoms with van der Waals surface area (Å²) in [5.41, 5.74) is 5.58. The van der Waals surface area contributed by atoms with Gasteiger partial charge in [-0.05, 0) is 18.9 Å². The van der Waals surface area contributed by atoms with Crippen molar-refractivity contribution in [3.63, 3.8) is 0 Å². The number of rotatable bonds is 13. The van der Waals surface area contributed by atoms with Crippen molar-refractivity contribution >= 4 is 5.91 Å². The molecule has 1 unspecified atom stereocenters. The SMILES string of the molecule is CCCCCCCCCCCC(=O)N(C)CC(C)CN. The third-order valence-electron chi connectivity index (χ3n) is 3.91. The fourth-order valence-electron chi connectivity index (χ4n) is 2.42. The summed E-state index contributed by atoms with van der Waals surface area (Å²) in [4.78, 5) is 13.7. The highest BCUT2D eigenvalue weighted by atomic mass is 16.2. The zero-order valence-corrected chi connectivity index (χ0v) is 14.0. The minimum absolute atomic E-state index is 0.272. The first kappa shape index (κ1) is 19.4. The van der Waals surface area contributed by atoms with Crippen LogP contribution in [-0.2, 0) is 4.79 Å². The lowest BCUT2D eigenvalue weighted by molar-refractivity contribution is -0.130. The van der Waals surface area contributed by atoms with Gasteiger partial charge in [-0.25, -0.2) is 0 Å². The molecule has 0 rings (SSSR count). The lowest BCUT2D eigenvalue weighted by Gasteiger charge is -2.20. The molecule has 1 atom stereocenters. The third-order valence-corrected chi connectivity index (χ3v) is 3.91. The molecule has 0 aliphatic heterocycles. The molecule has 0 aromatic carbocycles. The van der Waals surface area contributed by atoms with Gasteiger partial charge in [0.25, 0.3) is 0 Å². The quantitative estimate of drug-likeness (QED) is 0.520. The number of nitrogens with zero attached hydrogens (tertiary/aromatic N) is 1. The number of unbranched alkanes of at least 4 members (excludes halogenated alkanes) is 8. The topological polar surface area (TPSA) is 46.3 Å². The Morgan fingerprint density at radius 2 is 1.50 bits per heavy atom. The second-order valence-electron chi connectivity index (χ2n) is 6.19. The smallest absolute Gasteiger partial charge is 0.222 e. The van der Waals surface area contributed by atoms with E-state index in [1.807, 2.05) is 11.9 Å². The molecule has 3 nitrogen and oxygen atoms in total. The number of carbonyl (C=O) groups excluding carboxylic acids is 1. The van der Waals surface area contributed by atoms with Crippen molar-refractivity contribution in [2.75, 3.05) is 20.1 Å².